The van der Waals surface area contributed by atoms with Crippen LogP contribution in [-0.4, -0.2) is 140 Å². The Morgan fingerprint density at radius 2 is 1.81 bits per heavy atom. The largest absolute Gasteiger partial charge is 0.478 e. The van der Waals surface area contributed by atoms with Crippen molar-refractivity contribution in [2.45, 2.75) is 107 Å². The van der Waals surface area contributed by atoms with Crippen molar-refractivity contribution in [3.8, 4) is 17.4 Å². The standard InChI is InChI=1S/C54H68FN9O10S/c1-34(2)40-7-5-6-8-41(40)46-32-61(31-38-33-72-21-22-73-38)19-20-63(46)37-26-54(27-37)15-17-62(18-16-54)36-9-10-42(47(23-36)74-48-25-43-44(55)30-58-49(43)59-52(48)71-4)51(65)60-75(69,70)39-24-45(64(67)68)50(57-29-39)56-28-35-11-13-53(3,66)14-12-35/h5-10,23-25,29-30,34-35,37-38,46,66H,11-22,26-28,31-33H2,1-4H3,(H,56,57)(H,58,59)(H,60,65)/t35?,38-,46+,53?/m1/s1. The molecule has 1 spiro atoms. The number of H-pyrrole nitrogens is 1. The number of nitrogens with zero attached hydrogens (tertiary/aromatic N) is 6. The number of carbonyl (C=O) groups excluding carboxylic acids is 1. The fraction of sp³-hybridized carbons (Fsp3) is 0.537. The van der Waals surface area contributed by atoms with E-state index in [0.29, 0.717) is 64.0 Å². The normalized spacial score (nSPS) is 23.8. The van der Waals surface area contributed by atoms with Crippen molar-refractivity contribution in [2.75, 3.05) is 83.0 Å². The molecule has 0 bridgehead atoms. The molecule has 3 aliphatic heterocycles. The molecule has 0 unspecified atom stereocenters. The fourth-order valence-electron chi connectivity index (χ4n) is 12.0. The maximum atomic E-state index is 14.9. The monoisotopic (exact) mass is 1050 g/mol. The lowest BCUT2D eigenvalue weighted by atomic mass is 9.59. The lowest BCUT2D eigenvalue weighted by Gasteiger charge is -2.58. The summed E-state index contributed by atoms with van der Waals surface area (Å²) in [7, 11) is -3.37. The van der Waals surface area contributed by atoms with Crippen LogP contribution < -0.4 is 24.4 Å². The van der Waals surface area contributed by atoms with Gasteiger partial charge in [0.1, 0.15) is 22.1 Å². The number of benzene rings is 2. The molecule has 19 nitrogen and oxygen atoms in total. The van der Waals surface area contributed by atoms with Crippen LogP contribution in [0.15, 0.2) is 71.9 Å². The molecular formula is C54H68FN9O10S. The molecule has 21 heteroatoms. The summed E-state index contributed by atoms with van der Waals surface area (Å²) in [5.41, 5.74) is 2.38. The number of ether oxygens (including phenoxy) is 4. The predicted molar refractivity (Wildman–Crippen MR) is 280 cm³/mol. The van der Waals surface area contributed by atoms with Gasteiger partial charge in [-0.25, -0.2) is 22.5 Å². The molecule has 3 aromatic heterocycles. The SMILES string of the molecule is COc1nc2[nH]cc(F)c2cc1Oc1cc(N2CCC3(CC2)CC(N2CCN(C[C@@H]4COCCO4)C[C@H]2c2ccccc2C(C)C)C3)ccc1C(=O)NS(=O)(=O)c1cnc(NCC2CCC(C)(O)CC2)c([N+](=O)[O-])c1. The molecule has 1 amide bonds. The number of nitro groups is 1. The minimum Gasteiger partial charge on any atom is -0.478 e. The summed E-state index contributed by atoms with van der Waals surface area (Å²) in [6.45, 7) is 13.8. The van der Waals surface area contributed by atoms with Gasteiger partial charge in [-0.1, -0.05) is 38.1 Å². The van der Waals surface area contributed by atoms with Gasteiger partial charge in [0.2, 0.25) is 5.82 Å². The van der Waals surface area contributed by atoms with Gasteiger partial charge in [-0.15, -0.1) is 0 Å². The number of aliphatic hydroxyl groups is 1. The molecule has 2 aromatic carbocycles. The molecule has 402 valence electrons. The first-order chi connectivity index (χ1) is 36.0. The van der Waals surface area contributed by atoms with E-state index in [4.69, 9.17) is 18.9 Å². The summed E-state index contributed by atoms with van der Waals surface area (Å²) in [6.07, 6.45) is 8.88. The number of rotatable bonds is 16. The minimum atomic E-state index is -4.74. The number of hydrogen-bond donors (Lipinski definition) is 4. The summed E-state index contributed by atoms with van der Waals surface area (Å²) in [4.78, 5) is 43.8. The molecule has 2 atom stereocenters. The lowest BCUT2D eigenvalue weighted by Crippen LogP contribution is -2.60. The minimum absolute atomic E-state index is 0.0141. The van der Waals surface area contributed by atoms with E-state index in [1.165, 1.54) is 30.4 Å². The number of aromatic amines is 1. The van der Waals surface area contributed by atoms with Gasteiger partial charge in [0, 0.05) is 88.0 Å². The predicted octanol–water partition coefficient (Wildman–Crippen LogP) is 7.92. The Kier molecular flexibility index (Phi) is 15.1. The first-order valence-electron chi connectivity index (χ1n) is 26.2. The first-order valence-corrected chi connectivity index (χ1v) is 27.7. The van der Waals surface area contributed by atoms with E-state index >= 15 is 0 Å². The van der Waals surface area contributed by atoms with Gasteiger partial charge in [-0.2, -0.15) is 4.98 Å². The van der Waals surface area contributed by atoms with Crippen molar-refractivity contribution < 1.29 is 46.6 Å². The number of aromatic nitrogens is 3. The summed E-state index contributed by atoms with van der Waals surface area (Å²) >= 11 is 0. The second-order valence-corrected chi connectivity index (χ2v) is 23.5. The molecule has 6 heterocycles. The van der Waals surface area contributed by atoms with E-state index in [0.717, 1.165) is 89.1 Å². The second-order valence-electron chi connectivity index (χ2n) is 21.8. The number of piperidine rings is 1. The molecular weight excluding hydrogens is 986 g/mol. The summed E-state index contributed by atoms with van der Waals surface area (Å²) in [5.74, 6) is -1.35. The van der Waals surface area contributed by atoms with Gasteiger partial charge >= 0.3 is 5.69 Å². The van der Waals surface area contributed by atoms with Crippen molar-refractivity contribution in [1.82, 2.24) is 29.5 Å². The molecule has 75 heavy (non-hydrogen) atoms. The Morgan fingerprint density at radius 3 is 2.53 bits per heavy atom. The van der Waals surface area contributed by atoms with Crippen LogP contribution >= 0.6 is 0 Å². The Labute approximate surface area is 436 Å². The third-order valence-electron chi connectivity index (χ3n) is 16.3. The molecule has 5 aliphatic rings. The van der Waals surface area contributed by atoms with Crippen LogP contribution in [-0.2, 0) is 19.5 Å². The van der Waals surface area contributed by atoms with Gasteiger partial charge in [0.25, 0.3) is 21.8 Å². The fourth-order valence-corrected chi connectivity index (χ4v) is 12.9. The van der Waals surface area contributed by atoms with E-state index in [9.17, 15) is 32.8 Å². The van der Waals surface area contributed by atoms with Crippen LogP contribution in [0.3, 0.4) is 0 Å². The number of amides is 1. The number of fused-ring (bicyclic) bond motifs is 1. The molecule has 10 rings (SSSR count). The van der Waals surface area contributed by atoms with Gasteiger partial charge < -0.3 is 39.3 Å². The number of piperazine rings is 1. The zero-order chi connectivity index (χ0) is 52.6. The van der Waals surface area contributed by atoms with Crippen molar-refractivity contribution in [3.63, 3.8) is 0 Å². The molecule has 3 saturated heterocycles. The number of hydrogen-bond acceptors (Lipinski definition) is 16. The van der Waals surface area contributed by atoms with E-state index in [-0.39, 0.29) is 63.3 Å². The van der Waals surface area contributed by atoms with Crippen molar-refractivity contribution in [1.29, 1.82) is 0 Å². The highest BCUT2D eigenvalue weighted by Crippen LogP contribution is 2.53. The van der Waals surface area contributed by atoms with Gasteiger partial charge in [-0.3, -0.25) is 24.7 Å². The molecule has 0 radical (unpaired) electrons. The van der Waals surface area contributed by atoms with Crippen molar-refractivity contribution in [3.05, 3.63) is 99.6 Å². The van der Waals surface area contributed by atoms with Crippen LogP contribution in [0.25, 0.3) is 11.0 Å². The van der Waals surface area contributed by atoms with Crippen molar-refractivity contribution in [2.24, 2.45) is 11.3 Å². The maximum Gasteiger partial charge on any atom is 0.312 e. The Hall–Kier alpha value is -5.97. The second kappa shape index (κ2) is 21.6. The lowest BCUT2D eigenvalue weighted by molar-refractivity contribution is -0.384. The van der Waals surface area contributed by atoms with Crippen molar-refractivity contribution >= 4 is 44.2 Å². The Morgan fingerprint density at radius 1 is 1.04 bits per heavy atom. The number of pyridine rings is 2. The van der Waals surface area contributed by atoms with Crippen LogP contribution in [0.4, 0.5) is 21.6 Å². The Bertz CT molecular complexity index is 3000. The van der Waals surface area contributed by atoms with Gasteiger partial charge in [-0.05, 0) is 98.8 Å². The number of carbonyl (C=O) groups is 1. The summed E-state index contributed by atoms with van der Waals surface area (Å²) < 4.78 is 68.4. The van der Waals surface area contributed by atoms with E-state index in [2.05, 4.69) is 77.8 Å². The summed E-state index contributed by atoms with van der Waals surface area (Å²) in [6, 6.07) is 16.7. The van der Waals surface area contributed by atoms with Crippen LogP contribution in [0.2, 0.25) is 0 Å². The first kappa shape index (κ1) is 52.5. The van der Waals surface area contributed by atoms with Crippen LogP contribution in [0, 0.1) is 27.3 Å². The number of nitrogens with one attached hydrogen (secondary N) is 3. The van der Waals surface area contributed by atoms with Crippen LogP contribution in [0.1, 0.15) is 106 Å². The molecule has 5 aromatic rings. The summed E-state index contributed by atoms with van der Waals surface area (Å²) in [5, 5.41) is 25.7. The van der Waals surface area contributed by atoms with Gasteiger partial charge in [0.05, 0.1) is 60.7 Å². The highest BCUT2D eigenvalue weighted by molar-refractivity contribution is 7.90. The average molecular weight is 1050 g/mol. The third kappa shape index (κ3) is 11.4. The number of methoxy groups -OCH3 is 1. The number of anilines is 2. The molecule has 2 aliphatic carbocycles. The van der Waals surface area contributed by atoms with E-state index < -0.39 is 42.9 Å². The maximum absolute atomic E-state index is 14.9. The average Bonchev–Trinajstić information content (AvgIpc) is 3.78. The quantitative estimate of drug-likeness (QED) is 0.0544. The topological polar surface area (TPSA) is 227 Å². The zero-order valence-corrected chi connectivity index (χ0v) is 43.9. The van der Waals surface area contributed by atoms with Gasteiger partial charge in [0.15, 0.2) is 5.75 Å². The third-order valence-corrected chi connectivity index (χ3v) is 17.6. The highest BCUT2D eigenvalue weighted by Gasteiger charge is 2.50. The van der Waals surface area contributed by atoms with E-state index in [1.807, 2.05) is 0 Å². The zero-order valence-electron chi connectivity index (χ0n) is 43.1. The van der Waals surface area contributed by atoms with E-state index in [1.54, 1.807) is 19.1 Å². The molecule has 5 fully saturated rings. The number of sulfonamides is 1. The smallest absolute Gasteiger partial charge is 0.312 e. The highest BCUT2D eigenvalue weighted by atomic mass is 32.2. The molecule has 4 N–H and O–H groups in total. The van der Waals surface area contributed by atoms with Crippen LogP contribution in [0.5, 0.6) is 17.4 Å². The Balaban J connectivity index is 0.855. The number of halogens is 1. The molecule has 2 saturated carbocycles.